The van der Waals surface area contributed by atoms with Crippen molar-refractivity contribution in [3.63, 3.8) is 0 Å². The van der Waals surface area contributed by atoms with E-state index in [0.717, 1.165) is 6.20 Å². The van der Waals surface area contributed by atoms with Gasteiger partial charge in [0.2, 0.25) is 0 Å². The van der Waals surface area contributed by atoms with Gasteiger partial charge in [0.1, 0.15) is 11.4 Å². The molecule has 13 heavy (non-hydrogen) atoms. The van der Waals surface area contributed by atoms with Crippen LogP contribution in [0.3, 0.4) is 0 Å². The van der Waals surface area contributed by atoms with E-state index < -0.39 is 24.5 Å². The molecule has 0 fully saturated rings. The number of aliphatic hydroxyl groups excluding tert-OH is 1. The average molecular weight is 210 g/mol. The normalized spacial score (nSPS) is 10.8. The lowest BCUT2D eigenvalue weighted by Gasteiger charge is -2.07. The first kappa shape index (κ1) is 10.1. The molecule has 3 nitrogen and oxygen atoms in total. The Hall–Kier alpha value is -0.940. The van der Waals surface area contributed by atoms with Crippen LogP contribution in [0.15, 0.2) is 6.20 Å². The van der Waals surface area contributed by atoms with E-state index in [1.165, 1.54) is 0 Å². The molecule has 0 saturated carbocycles. The molecule has 2 N–H and O–H groups in total. The van der Waals surface area contributed by atoms with Crippen LogP contribution in [0, 0.1) is 0 Å². The van der Waals surface area contributed by atoms with Gasteiger partial charge in [0.15, 0.2) is 0 Å². The molecule has 1 aromatic rings. The first-order valence-corrected chi connectivity index (χ1v) is 3.71. The fourth-order valence-electron chi connectivity index (χ4n) is 0.843. The van der Waals surface area contributed by atoms with Crippen molar-refractivity contribution in [2.24, 2.45) is 0 Å². The fraction of sp³-hybridized carbons (Fsp3) is 0.286. The molecular formula is C7H6ClF2NO2. The van der Waals surface area contributed by atoms with E-state index in [1.54, 1.807) is 0 Å². The van der Waals surface area contributed by atoms with Crippen molar-refractivity contribution >= 4 is 11.6 Å². The van der Waals surface area contributed by atoms with Crippen molar-refractivity contribution in [2.45, 2.75) is 13.0 Å². The summed E-state index contributed by atoms with van der Waals surface area (Å²) in [5, 5.41) is 17.8. The molecule has 1 heterocycles. The summed E-state index contributed by atoms with van der Waals surface area (Å²) < 4.78 is 24.3. The van der Waals surface area contributed by atoms with Gasteiger partial charge in [0.25, 0.3) is 6.43 Å². The zero-order chi connectivity index (χ0) is 10.0. The van der Waals surface area contributed by atoms with Crippen molar-refractivity contribution in [1.29, 1.82) is 0 Å². The summed E-state index contributed by atoms with van der Waals surface area (Å²) >= 11 is 5.48. The molecule has 0 aliphatic carbocycles. The number of pyridine rings is 1. The Bertz CT molecular complexity index is 320. The van der Waals surface area contributed by atoms with Gasteiger partial charge < -0.3 is 10.2 Å². The second kappa shape index (κ2) is 3.85. The summed E-state index contributed by atoms with van der Waals surface area (Å²) in [4.78, 5) is 3.24. The SMILES string of the molecule is OCc1c(Cl)cnc(C(F)F)c1O. The maximum absolute atomic E-state index is 12.1. The molecule has 0 aliphatic rings. The number of halogens is 3. The Labute approximate surface area is 77.6 Å². The molecule has 1 aromatic heterocycles. The lowest BCUT2D eigenvalue weighted by Crippen LogP contribution is -1.96. The number of hydrogen-bond donors (Lipinski definition) is 2. The van der Waals surface area contributed by atoms with Crippen molar-refractivity contribution in [2.75, 3.05) is 0 Å². The third kappa shape index (κ3) is 1.87. The number of alkyl halides is 2. The van der Waals surface area contributed by atoms with Crippen molar-refractivity contribution in [3.05, 3.63) is 22.5 Å². The Kier molecular flexibility index (Phi) is 3.00. The molecule has 0 bridgehead atoms. The third-order valence-electron chi connectivity index (χ3n) is 1.50. The summed E-state index contributed by atoms with van der Waals surface area (Å²) in [5.41, 5.74) is -0.902. The van der Waals surface area contributed by atoms with Gasteiger partial charge in [-0.25, -0.2) is 13.8 Å². The van der Waals surface area contributed by atoms with Crippen LogP contribution in [-0.4, -0.2) is 15.2 Å². The number of aliphatic hydroxyl groups is 1. The van der Waals surface area contributed by atoms with Crippen molar-refractivity contribution in [1.82, 2.24) is 4.98 Å². The van der Waals surface area contributed by atoms with Gasteiger partial charge in [0.05, 0.1) is 11.6 Å². The first-order chi connectivity index (χ1) is 6.07. The van der Waals surface area contributed by atoms with Crippen LogP contribution in [0.2, 0.25) is 5.02 Å². The van der Waals surface area contributed by atoms with E-state index in [2.05, 4.69) is 4.98 Å². The van der Waals surface area contributed by atoms with Crippen LogP contribution in [-0.2, 0) is 6.61 Å². The summed E-state index contributed by atoms with van der Waals surface area (Å²) in [6.07, 6.45) is -1.92. The van der Waals surface area contributed by atoms with Gasteiger partial charge in [-0.1, -0.05) is 11.6 Å². The highest BCUT2D eigenvalue weighted by atomic mass is 35.5. The first-order valence-electron chi connectivity index (χ1n) is 3.33. The van der Waals surface area contributed by atoms with E-state index in [0.29, 0.717) is 0 Å². The van der Waals surface area contributed by atoms with Gasteiger partial charge in [-0.05, 0) is 0 Å². The Morgan fingerprint density at radius 2 is 2.15 bits per heavy atom. The van der Waals surface area contributed by atoms with E-state index in [1.807, 2.05) is 0 Å². The minimum atomic E-state index is -2.89. The molecule has 1 rings (SSSR count). The summed E-state index contributed by atoms with van der Waals surface area (Å²) in [5.74, 6) is -0.745. The maximum atomic E-state index is 12.1. The van der Waals surface area contributed by atoms with Crippen molar-refractivity contribution < 1.29 is 19.0 Å². The molecule has 0 radical (unpaired) electrons. The van der Waals surface area contributed by atoms with E-state index >= 15 is 0 Å². The molecular weight excluding hydrogens is 204 g/mol. The second-order valence-electron chi connectivity index (χ2n) is 2.28. The van der Waals surface area contributed by atoms with E-state index in [4.69, 9.17) is 21.8 Å². The predicted molar refractivity (Wildman–Crippen MR) is 41.8 cm³/mol. The topological polar surface area (TPSA) is 53.4 Å². The van der Waals surface area contributed by atoms with E-state index in [9.17, 15) is 8.78 Å². The molecule has 0 aliphatic heterocycles. The molecule has 0 amide bonds. The van der Waals surface area contributed by atoms with Crippen molar-refractivity contribution in [3.8, 4) is 5.75 Å². The van der Waals surface area contributed by atoms with Gasteiger partial charge in [-0.15, -0.1) is 0 Å². The lowest BCUT2D eigenvalue weighted by atomic mass is 10.2. The summed E-state index contributed by atoms with van der Waals surface area (Å²) in [6, 6.07) is 0. The summed E-state index contributed by atoms with van der Waals surface area (Å²) in [6.45, 7) is -0.604. The number of rotatable bonds is 2. The molecule has 0 unspecified atom stereocenters. The van der Waals surface area contributed by atoms with E-state index in [-0.39, 0.29) is 10.6 Å². The Morgan fingerprint density at radius 3 is 2.62 bits per heavy atom. The zero-order valence-corrected chi connectivity index (χ0v) is 7.09. The van der Waals surface area contributed by atoms with Crippen LogP contribution in [0.4, 0.5) is 8.78 Å². The number of aromatic nitrogens is 1. The highest BCUT2D eigenvalue weighted by Crippen LogP contribution is 2.32. The standard InChI is InChI=1S/C7H6ClF2NO2/c8-4-1-11-5(7(9)10)6(13)3(4)2-12/h1,7,12-13H,2H2. The monoisotopic (exact) mass is 209 g/mol. The molecule has 0 spiro atoms. The van der Waals surface area contributed by atoms with Gasteiger partial charge in [0, 0.05) is 11.8 Å². The quantitative estimate of drug-likeness (QED) is 0.782. The molecule has 0 saturated heterocycles. The fourth-order valence-corrected chi connectivity index (χ4v) is 1.04. The molecule has 0 atom stereocenters. The lowest BCUT2D eigenvalue weighted by molar-refractivity contribution is 0.141. The van der Waals surface area contributed by atoms with Crippen LogP contribution in [0.25, 0.3) is 0 Å². The highest BCUT2D eigenvalue weighted by Gasteiger charge is 2.19. The minimum absolute atomic E-state index is 0.0376. The minimum Gasteiger partial charge on any atom is -0.505 e. The molecule has 6 heteroatoms. The zero-order valence-electron chi connectivity index (χ0n) is 6.34. The molecule has 72 valence electrons. The number of nitrogens with zero attached hydrogens (tertiary/aromatic N) is 1. The van der Waals surface area contributed by atoms with Crippen LogP contribution in [0.5, 0.6) is 5.75 Å². The largest absolute Gasteiger partial charge is 0.505 e. The van der Waals surface area contributed by atoms with Gasteiger partial charge in [-0.2, -0.15) is 0 Å². The Balaban J connectivity index is 3.27. The van der Waals surface area contributed by atoms with Gasteiger partial charge in [-0.3, -0.25) is 0 Å². The summed E-state index contributed by atoms with van der Waals surface area (Å²) in [7, 11) is 0. The van der Waals surface area contributed by atoms with Gasteiger partial charge >= 0.3 is 0 Å². The van der Waals surface area contributed by atoms with Crippen LogP contribution in [0.1, 0.15) is 17.7 Å². The Morgan fingerprint density at radius 1 is 1.54 bits per heavy atom. The second-order valence-corrected chi connectivity index (χ2v) is 2.68. The predicted octanol–water partition coefficient (Wildman–Crippen LogP) is 1.87. The molecule has 0 aromatic carbocycles. The number of hydrogen-bond acceptors (Lipinski definition) is 3. The maximum Gasteiger partial charge on any atom is 0.284 e. The third-order valence-corrected chi connectivity index (χ3v) is 1.82. The smallest absolute Gasteiger partial charge is 0.284 e. The average Bonchev–Trinajstić information content (AvgIpc) is 2.04. The highest BCUT2D eigenvalue weighted by molar-refractivity contribution is 6.31. The van der Waals surface area contributed by atoms with Crippen LogP contribution < -0.4 is 0 Å². The number of aromatic hydroxyl groups is 1. The van der Waals surface area contributed by atoms with Crippen LogP contribution >= 0.6 is 11.6 Å².